The smallest absolute Gasteiger partial charge is 0.191 e. The quantitative estimate of drug-likeness (QED) is 0.383. The zero-order chi connectivity index (χ0) is 18.2. The van der Waals surface area contributed by atoms with Gasteiger partial charge in [0.15, 0.2) is 5.96 Å². The highest BCUT2D eigenvalue weighted by molar-refractivity contribution is 14.0. The molecule has 0 fully saturated rings. The molecule has 7 heteroatoms. The molecule has 0 atom stereocenters. The van der Waals surface area contributed by atoms with Gasteiger partial charge in [-0.15, -0.1) is 24.0 Å². The van der Waals surface area contributed by atoms with Crippen molar-refractivity contribution < 1.29 is 8.78 Å². The van der Waals surface area contributed by atoms with Crippen LogP contribution in [0.5, 0.6) is 0 Å². The minimum Gasteiger partial charge on any atom is -0.352 e. The van der Waals surface area contributed by atoms with Crippen molar-refractivity contribution in [2.24, 2.45) is 4.99 Å². The Morgan fingerprint density at radius 2 is 1.69 bits per heavy atom. The van der Waals surface area contributed by atoms with Gasteiger partial charge in [0.1, 0.15) is 11.6 Å². The first kappa shape index (κ1) is 22.3. The van der Waals surface area contributed by atoms with Gasteiger partial charge >= 0.3 is 0 Å². The van der Waals surface area contributed by atoms with Crippen LogP contribution < -0.4 is 10.6 Å². The number of halogens is 3. The molecule has 142 valence electrons. The number of benzene rings is 2. The minimum atomic E-state index is -0.459. The zero-order valence-corrected chi connectivity index (χ0v) is 17.6. The first-order chi connectivity index (χ1) is 12.0. The van der Waals surface area contributed by atoms with Gasteiger partial charge < -0.3 is 15.5 Å². The molecule has 0 radical (unpaired) electrons. The summed E-state index contributed by atoms with van der Waals surface area (Å²) in [5.74, 6) is -0.374. The summed E-state index contributed by atoms with van der Waals surface area (Å²) in [4.78, 5) is 6.22. The maximum Gasteiger partial charge on any atom is 0.191 e. The van der Waals surface area contributed by atoms with E-state index in [0.29, 0.717) is 12.5 Å². The highest BCUT2D eigenvalue weighted by Gasteiger charge is 2.05. The number of hydrogen-bond donors (Lipinski definition) is 2. The van der Waals surface area contributed by atoms with Gasteiger partial charge in [0.05, 0.1) is 0 Å². The molecule has 2 rings (SSSR count). The molecule has 0 aromatic heterocycles. The number of aliphatic imine (C=N–C) groups is 1. The second-order valence-corrected chi connectivity index (χ2v) is 6.07. The lowest BCUT2D eigenvalue weighted by Gasteiger charge is -2.14. The lowest BCUT2D eigenvalue weighted by molar-refractivity contribution is 0.402. The molecule has 0 unspecified atom stereocenters. The maximum absolute atomic E-state index is 13.7. The third-order valence-corrected chi connectivity index (χ3v) is 3.63. The summed E-state index contributed by atoms with van der Waals surface area (Å²) in [5, 5.41) is 6.17. The van der Waals surface area contributed by atoms with E-state index in [0.717, 1.165) is 24.2 Å². The molecule has 2 N–H and O–H groups in total. The molecule has 2 aromatic rings. The molecular weight excluding hydrogens is 449 g/mol. The number of nitrogens with one attached hydrogen (secondary N) is 2. The summed E-state index contributed by atoms with van der Waals surface area (Å²) in [6, 6.07) is 11.7. The second-order valence-electron chi connectivity index (χ2n) is 6.07. The third kappa shape index (κ3) is 7.25. The van der Waals surface area contributed by atoms with Crippen LogP contribution in [0, 0.1) is 11.6 Å². The highest BCUT2D eigenvalue weighted by Crippen LogP contribution is 2.09. The normalized spacial score (nSPS) is 11.2. The molecule has 0 aliphatic rings. The van der Waals surface area contributed by atoms with E-state index in [4.69, 9.17) is 0 Å². The molecule has 0 spiro atoms. The molecule has 0 amide bonds. The van der Waals surface area contributed by atoms with Crippen molar-refractivity contribution >= 4 is 29.9 Å². The highest BCUT2D eigenvalue weighted by atomic mass is 127. The molecule has 0 bridgehead atoms. The lowest BCUT2D eigenvalue weighted by Crippen LogP contribution is -2.36. The van der Waals surface area contributed by atoms with Crippen LogP contribution in [-0.2, 0) is 19.6 Å². The molecule has 0 aliphatic heterocycles. The van der Waals surface area contributed by atoms with E-state index in [1.165, 1.54) is 11.6 Å². The van der Waals surface area contributed by atoms with Crippen LogP contribution in [0.1, 0.15) is 16.7 Å². The third-order valence-electron chi connectivity index (χ3n) is 3.63. The Bertz CT molecular complexity index is 735. The van der Waals surface area contributed by atoms with Crippen molar-refractivity contribution in [3.63, 3.8) is 0 Å². The Morgan fingerprint density at radius 1 is 1.00 bits per heavy atom. The Balaban J connectivity index is 0.00000338. The first-order valence-electron chi connectivity index (χ1n) is 8.09. The molecule has 0 saturated carbocycles. The van der Waals surface area contributed by atoms with Crippen molar-refractivity contribution in [2.75, 3.05) is 21.1 Å². The summed E-state index contributed by atoms with van der Waals surface area (Å²) < 4.78 is 26.9. The van der Waals surface area contributed by atoms with Gasteiger partial charge in [-0.2, -0.15) is 0 Å². The van der Waals surface area contributed by atoms with E-state index in [9.17, 15) is 8.78 Å². The SMILES string of the molecule is CN=C(NCc1cccc(CN(C)C)c1)NCc1cc(F)ccc1F.I. The predicted octanol–water partition coefficient (Wildman–Crippen LogP) is 3.51. The lowest BCUT2D eigenvalue weighted by atomic mass is 10.1. The van der Waals surface area contributed by atoms with Crippen LogP contribution in [0.4, 0.5) is 8.78 Å². The van der Waals surface area contributed by atoms with Crippen LogP contribution in [0.15, 0.2) is 47.5 Å². The largest absolute Gasteiger partial charge is 0.352 e. The van der Waals surface area contributed by atoms with E-state index < -0.39 is 11.6 Å². The molecule has 0 heterocycles. The summed E-state index contributed by atoms with van der Waals surface area (Å²) in [5.41, 5.74) is 2.62. The van der Waals surface area contributed by atoms with Gasteiger partial charge in [0.2, 0.25) is 0 Å². The van der Waals surface area contributed by atoms with Crippen molar-refractivity contribution in [3.05, 3.63) is 70.8 Å². The standard InChI is InChI=1S/C19H24F2N4.HI/c1-22-19(24-12-16-10-17(20)7-8-18(16)21)23-11-14-5-4-6-15(9-14)13-25(2)3;/h4-10H,11-13H2,1-3H3,(H2,22,23,24);1H. The van der Waals surface area contributed by atoms with Gasteiger partial charge in [0, 0.05) is 32.2 Å². The zero-order valence-electron chi connectivity index (χ0n) is 15.2. The van der Waals surface area contributed by atoms with E-state index in [2.05, 4.69) is 32.7 Å². The van der Waals surface area contributed by atoms with Crippen LogP contribution >= 0.6 is 24.0 Å². The maximum atomic E-state index is 13.7. The average Bonchev–Trinajstić information content (AvgIpc) is 2.57. The number of nitrogens with zero attached hydrogens (tertiary/aromatic N) is 2. The molecule has 0 aliphatic carbocycles. The van der Waals surface area contributed by atoms with Crippen molar-refractivity contribution in [2.45, 2.75) is 19.6 Å². The Labute approximate surface area is 170 Å². The molecule has 2 aromatic carbocycles. The Hall–Kier alpha value is -1.74. The number of hydrogen-bond acceptors (Lipinski definition) is 2. The van der Waals surface area contributed by atoms with Gasteiger partial charge in [-0.05, 0) is 43.4 Å². The summed E-state index contributed by atoms with van der Waals surface area (Å²) in [7, 11) is 5.70. The summed E-state index contributed by atoms with van der Waals surface area (Å²) in [6.07, 6.45) is 0. The average molecular weight is 474 g/mol. The molecular formula is C19H25F2IN4. The summed E-state index contributed by atoms with van der Waals surface area (Å²) >= 11 is 0. The van der Waals surface area contributed by atoms with Crippen molar-refractivity contribution in [1.82, 2.24) is 15.5 Å². The van der Waals surface area contributed by atoms with E-state index in [-0.39, 0.29) is 36.1 Å². The van der Waals surface area contributed by atoms with E-state index in [1.807, 2.05) is 26.2 Å². The molecule has 26 heavy (non-hydrogen) atoms. The molecule has 0 saturated heterocycles. The first-order valence-corrected chi connectivity index (χ1v) is 8.09. The fraction of sp³-hybridized carbons (Fsp3) is 0.316. The number of rotatable bonds is 6. The van der Waals surface area contributed by atoms with Gasteiger partial charge in [0.25, 0.3) is 0 Å². The van der Waals surface area contributed by atoms with Crippen molar-refractivity contribution in [1.29, 1.82) is 0 Å². The van der Waals surface area contributed by atoms with Crippen LogP contribution in [0.3, 0.4) is 0 Å². The fourth-order valence-electron chi connectivity index (χ4n) is 2.47. The van der Waals surface area contributed by atoms with Crippen molar-refractivity contribution in [3.8, 4) is 0 Å². The Morgan fingerprint density at radius 3 is 2.38 bits per heavy atom. The van der Waals surface area contributed by atoms with Gasteiger partial charge in [-0.25, -0.2) is 8.78 Å². The summed E-state index contributed by atoms with van der Waals surface area (Å²) in [6.45, 7) is 1.62. The fourth-order valence-corrected chi connectivity index (χ4v) is 2.47. The second kappa shape index (κ2) is 11.1. The number of guanidine groups is 1. The van der Waals surface area contributed by atoms with Gasteiger partial charge in [-0.1, -0.05) is 24.3 Å². The topological polar surface area (TPSA) is 39.7 Å². The Kier molecular flexibility index (Phi) is 9.50. The van der Waals surface area contributed by atoms with Crippen LogP contribution in [0.25, 0.3) is 0 Å². The van der Waals surface area contributed by atoms with Gasteiger partial charge in [-0.3, -0.25) is 4.99 Å². The minimum absolute atomic E-state index is 0. The van der Waals surface area contributed by atoms with E-state index >= 15 is 0 Å². The molecule has 4 nitrogen and oxygen atoms in total. The van der Waals surface area contributed by atoms with E-state index in [1.54, 1.807) is 7.05 Å². The predicted molar refractivity (Wildman–Crippen MR) is 113 cm³/mol. The van der Waals surface area contributed by atoms with Crippen LogP contribution in [-0.4, -0.2) is 32.0 Å². The monoisotopic (exact) mass is 474 g/mol. The van der Waals surface area contributed by atoms with Crippen LogP contribution in [0.2, 0.25) is 0 Å².